The van der Waals surface area contributed by atoms with Crippen LogP contribution in [0.2, 0.25) is 0 Å². The van der Waals surface area contributed by atoms with E-state index in [9.17, 15) is 4.79 Å². The number of amides is 1. The topological polar surface area (TPSA) is 69.3 Å². The van der Waals surface area contributed by atoms with Gasteiger partial charge in [-0.2, -0.15) is 5.10 Å². The summed E-state index contributed by atoms with van der Waals surface area (Å²) in [5.74, 6) is 1.78. The molecule has 2 heterocycles. The quantitative estimate of drug-likeness (QED) is 0.737. The van der Waals surface area contributed by atoms with Gasteiger partial charge < -0.3 is 14.5 Å². The van der Waals surface area contributed by atoms with Crippen molar-refractivity contribution in [2.45, 2.75) is 32.2 Å². The molecule has 134 valence electrons. The van der Waals surface area contributed by atoms with E-state index in [2.05, 4.69) is 5.32 Å². The molecule has 0 spiro atoms. The average molecular weight is 351 g/mol. The molecule has 1 aliphatic rings. The summed E-state index contributed by atoms with van der Waals surface area (Å²) in [6, 6.07) is 11.3. The SMILES string of the molecule is COc1ccc(-n2nc(C3CC3)c(C(=O)NCc3ccco3)c2C)cc1. The van der Waals surface area contributed by atoms with E-state index >= 15 is 0 Å². The maximum absolute atomic E-state index is 12.8. The lowest BCUT2D eigenvalue weighted by Crippen LogP contribution is -2.24. The summed E-state index contributed by atoms with van der Waals surface area (Å²) in [5, 5.41) is 7.70. The Morgan fingerprint density at radius 3 is 2.69 bits per heavy atom. The molecule has 1 N–H and O–H groups in total. The Kier molecular flexibility index (Phi) is 4.24. The Morgan fingerprint density at radius 1 is 1.31 bits per heavy atom. The van der Waals surface area contributed by atoms with E-state index in [0.717, 1.165) is 41.4 Å². The number of nitrogens with one attached hydrogen (secondary N) is 1. The molecule has 0 atom stereocenters. The van der Waals surface area contributed by atoms with Crippen LogP contribution in [0.1, 0.15) is 46.3 Å². The first kappa shape index (κ1) is 16.4. The molecule has 1 aliphatic carbocycles. The maximum Gasteiger partial charge on any atom is 0.255 e. The first-order valence-electron chi connectivity index (χ1n) is 8.72. The second-order valence-corrected chi connectivity index (χ2v) is 6.49. The standard InChI is InChI=1S/C20H21N3O3/c1-13-18(20(24)21-12-17-4-3-11-26-17)19(14-5-6-14)22-23(13)15-7-9-16(25-2)10-8-15/h3-4,7-11,14H,5-6,12H2,1-2H3,(H,21,24). The smallest absolute Gasteiger partial charge is 0.255 e. The molecule has 2 aromatic heterocycles. The van der Waals surface area contributed by atoms with Crippen LogP contribution in [0.15, 0.2) is 47.1 Å². The molecule has 0 radical (unpaired) electrons. The predicted molar refractivity (Wildman–Crippen MR) is 96.7 cm³/mol. The third kappa shape index (κ3) is 3.10. The van der Waals surface area contributed by atoms with Gasteiger partial charge in [-0.3, -0.25) is 4.79 Å². The van der Waals surface area contributed by atoms with Gasteiger partial charge in [-0.05, 0) is 56.2 Å². The van der Waals surface area contributed by atoms with E-state index < -0.39 is 0 Å². The van der Waals surface area contributed by atoms with Crippen molar-refractivity contribution in [2.24, 2.45) is 0 Å². The second kappa shape index (κ2) is 6.71. The number of carbonyl (C=O) groups excluding carboxylic acids is 1. The van der Waals surface area contributed by atoms with Crippen LogP contribution in [0.3, 0.4) is 0 Å². The van der Waals surface area contributed by atoms with Gasteiger partial charge in [-0.25, -0.2) is 4.68 Å². The highest BCUT2D eigenvalue weighted by Crippen LogP contribution is 2.42. The van der Waals surface area contributed by atoms with Crippen molar-refractivity contribution in [2.75, 3.05) is 7.11 Å². The lowest BCUT2D eigenvalue weighted by atomic mass is 10.1. The van der Waals surface area contributed by atoms with Crippen LogP contribution in [0.4, 0.5) is 0 Å². The van der Waals surface area contributed by atoms with E-state index in [1.54, 1.807) is 13.4 Å². The molecule has 1 amide bonds. The van der Waals surface area contributed by atoms with Gasteiger partial charge in [0.05, 0.1) is 42.6 Å². The van der Waals surface area contributed by atoms with Crippen molar-refractivity contribution >= 4 is 5.91 Å². The van der Waals surface area contributed by atoms with Crippen molar-refractivity contribution < 1.29 is 13.9 Å². The third-order valence-corrected chi connectivity index (χ3v) is 4.65. The fraction of sp³-hybridized carbons (Fsp3) is 0.300. The zero-order chi connectivity index (χ0) is 18.1. The van der Waals surface area contributed by atoms with Crippen LogP contribution in [0.5, 0.6) is 5.75 Å². The summed E-state index contributed by atoms with van der Waals surface area (Å²) in [6.07, 6.45) is 3.76. The third-order valence-electron chi connectivity index (χ3n) is 4.65. The lowest BCUT2D eigenvalue weighted by molar-refractivity contribution is 0.0946. The number of aromatic nitrogens is 2. The van der Waals surface area contributed by atoms with E-state index in [4.69, 9.17) is 14.3 Å². The van der Waals surface area contributed by atoms with Crippen molar-refractivity contribution in [3.63, 3.8) is 0 Å². The van der Waals surface area contributed by atoms with E-state index in [-0.39, 0.29) is 5.91 Å². The number of furan rings is 1. The molecule has 6 nitrogen and oxygen atoms in total. The molecule has 0 bridgehead atoms. The Morgan fingerprint density at radius 2 is 2.08 bits per heavy atom. The highest BCUT2D eigenvalue weighted by atomic mass is 16.5. The first-order valence-corrected chi connectivity index (χ1v) is 8.72. The van der Waals surface area contributed by atoms with Gasteiger partial charge in [0.1, 0.15) is 11.5 Å². The minimum absolute atomic E-state index is 0.111. The molecule has 1 fully saturated rings. The van der Waals surface area contributed by atoms with Crippen molar-refractivity contribution in [1.29, 1.82) is 0 Å². The maximum atomic E-state index is 12.8. The minimum atomic E-state index is -0.111. The number of methoxy groups -OCH3 is 1. The molecule has 0 aliphatic heterocycles. The van der Waals surface area contributed by atoms with E-state index in [0.29, 0.717) is 18.0 Å². The molecule has 6 heteroatoms. The van der Waals surface area contributed by atoms with Crippen LogP contribution in [-0.2, 0) is 6.54 Å². The van der Waals surface area contributed by atoms with Gasteiger partial charge >= 0.3 is 0 Å². The molecule has 4 rings (SSSR count). The zero-order valence-electron chi connectivity index (χ0n) is 14.9. The fourth-order valence-electron chi connectivity index (χ4n) is 3.09. The van der Waals surface area contributed by atoms with Crippen LogP contribution in [-0.4, -0.2) is 22.8 Å². The fourth-order valence-corrected chi connectivity index (χ4v) is 3.09. The number of nitrogens with zero attached hydrogens (tertiary/aromatic N) is 2. The number of hydrogen-bond donors (Lipinski definition) is 1. The summed E-state index contributed by atoms with van der Waals surface area (Å²) in [6.45, 7) is 2.30. The van der Waals surface area contributed by atoms with Crippen molar-refractivity contribution in [3.8, 4) is 11.4 Å². The number of hydrogen-bond acceptors (Lipinski definition) is 4. The van der Waals surface area contributed by atoms with Crippen LogP contribution >= 0.6 is 0 Å². The van der Waals surface area contributed by atoms with Gasteiger partial charge in [0.2, 0.25) is 0 Å². The predicted octanol–water partition coefficient (Wildman–Crippen LogP) is 3.59. The largest absolute Gasteiger partial charge is 0.497 e. The molecule has 3 aromatic rings. The molecular weight excluding hydrogens is 330 g/mol. The molecule has 1 aromatic carbocycles. The molecule has 0 unspecified atom stereocenters. The first-order chi connectivity index (χ1) is 12.7. The number of benzene rings is 1. The summed E-state index contributed by atoms with van der Waals surface area (Å²) in [7, 11) is 1.64. The van der Waals surface area contributed by atoms with E-state index in [1.165, 1.54) is 0 Å². The second-order valence-electron chi connectivity index (χ2n) is 6.49. The Bertz CT molecular complexity index is 907. The Balaban J connectivity index is 1.64. The monoisotopic (exact) mass is 351 g/mol. The zero-order valence-corrected chi connectivity index (χ0v) is 14.9. The number of rotatable bonds is 6. The molecule has 26 heavy (non-hydrogen) atoms. The molecule has 0 saturated heterocycles. The summed E-state index contributed by atoms with van der Waals surface area (Å²) in [5.41, 5.74) is 3.31. The van der Waals surface area contributed by atoms with Gasteiger partial charge in [-0.1, -0.05) is 0 Å². The summed E-state index contributed by atoms with van der Waals surface area (Å²) < 4.78 is 12.3. The summed E-state index contributed by atoms with van der Waals surface area (Å²) >= 11 is 0. The number of carbonyl (C=O) groups is 1. The van der Waals surface area contributed by atoms with Gasteiger partial charge in [-0.15, -0.1) is 0 Å². The average Bonchev–Trinajstić information content (AvgIpc) is 3.26. The van der Waals surface area contributed by atoms with Gasteiger partial charge in [0.25, 0.3) is 5.91 Å². The molecule has 1 saturated carbocycles. The van der Waals surface area contributed by atoms with Crippen molar-refractivity contribution in [1.82, 2.24) is 15.1 Å². The Hall–Kier alpha value is -3.02. The highest BCUT2D eigenvalue weighted by molar-refractivity contribution is 5.96. The van der Waals surface area contributed by atoms with Gasteiger partial charge in [0, 0.05) is 5.92 Å². The summed E-state index contributed by atoms with van der Waals surface area (Å²) in [4.78, 5) is 12.8. The van der Waals surface area contributed by atoms with Crippen LogP contribution < -0.4 is 10.1 Å². The lowest BCUT2D eigenvalue weighted by Gasteiger charge is -2.07. The Labute approximate surface area is 151 Å². The van der Waals surface area contributed by atoms with E-state index in [1.807, 2.05) is 48.0 Å². The highest BCUT2D eigenvalue weighted by Gasteiger charge is 2.33. The van der Waals surface area contributed by atoms with Crippen molar-refractivity contribution in [3.05, 3.63) is 65.4 Å². The molecular formula is C20H21N3O3. The van der Waals surface area contributed by atoms with Gasteiger partial charge in [0.15, 0.2) is 0 Å². The number of ether oxygens (including phenoxy) is 1. The minimum Gasteiger partial charge on any atom is -0.497 e. The van der Waals surface area contributed by atoms with Crippen LogP contribution in [0.25, 0.3) is 5.69 Å². The van der Waals surface area contributed by atoms with Crippen LogP contribution in [0, 0.1) is 6.92 Å². The normalized spacial score (nSPS) is 13.6.